The quantitative estimate of drug-likeness (QED) is 0.860. The van der Waals surface area contributed by atoms with Crippen molar-refractivity contribution in [3.63, 3.8) is 0 Å². The van der Waals surface area contributed by atoms with E-state index in [1.807, 2.05) is 30.5 Å². The second-order valence-corrected chi connectivity index (χ2v) is 3.72. The Balaban J connectivity index is 2.28. The lowest BCUT2D eigenvalue weighted by atomic mass is 10.2. The maximum atomic E-state index is 5.52. The number of hydrogen-bond acceptors (Lipinski definition) is 3. The van der Waals surface area contributed by atoms with Gasteiger partial charge in [0.05, 0.1) is 17.6 Å². The van der Waals surface area contributed by atoms with Gasteiger partial charge in [-0.05, 0) is 17.7 Å². The zero-order chi connectivity index (χ0) is 10.7. The summed E-state index contributed by atoms with van der Waals surface area (Å²) in [6, 6.07) is 7.94. The van der Waals surface area contributed by atoms with Crippen molar-refractivity contribution >= 4 is 15.9 Å². The van der Waals surface area contributed by atoms with Gasteiger partial charge in [0, 0.05) is 11.9 Å². The summed E-state index contributed by atoms with van der Waals surface area (Å²) in [5.41, 5.74) is 8.54. The van der Waals surface area contributed by atoms with Crippen LogP contribution in [-0.4, -0.2) is 15.0 Å². The Labute approximate surface area is 96.2 Å². The molecular formula is C10H11BrN4. The van der Waals surface area contributed by atoms with Gasteiger partial charge in [0.1, 0.15) is 0 Å². The van der Waals surface area contributed by atoms with Gasteiger partial charge in [0.15, 0.2) is 0 Å². The maximum absolute atomic E-state index is 5.52. The van der Waals surface area contributed by atoms with Crippen LogP contribution in [0.25, 0.3) is 5.69 Å². The largest absolute Gasteiger partial charge is 0.326 e. The van der Waals surface area contributed by atoms with Gasteiger partial charge in [-0.1, -0.05) is 33.3 Å². The van der Waals surface area contributed by atoms with Crippen LogP contribution in [0.5, 0.6) is 0 Å². The van der Waals surface area contributed by atoms with E-state index < -0.39 is 0 Å². The van der Waals surface area contributed by atoms with Crippen LogP contribution in [-0.2, 0) is 11.9 Å². The van der Waals surface area contributed by atoms with Crippen molar-refractivity contribution in [2.75, 3.05) is 0 Å². The summed E-state index contributed by atoms with van der Waals surface area (Å²) in [5, 5.41) is 8.73. The molecule has 0 aliphatic carbocycles. The SMILES string of the molecule is NCc1ccc(-n2cc(CBr)nn2)cc1. The van der Waals surface area contributed by atoms with Crippen molar-refractivity contribution < 1.29 is 0 Å². The Bertz CT molecular complexity index is 435. The molecule has 0 unspecified atom stereocenters. The Morgan fingerprint density at radius 1 is 1.27 bits per heavy atom. The molecule has 2 N–H and O–H groups in total. The molecule has 0 amide bonds. The van der Waals surface area contributed by atoms with Crippen molar-refractivity contribution in [1.82, 2.24) is 15.0 Å². The number of alkyl halides is 1. The highest BCUT2D eigenvalue weighted by atomic mass is 79.9. The highest BCUT2D eigenvalue weighted by Crippen LogP contribution is 2.09. The summed E-state index contributed by atoms with van der Waals surface area (Å²) in [7, 11) is 0. The molecule has 0 radical (unpaired) electrons. The van der Waals surface area contributed by atoms with E-state index in [4.69, 9.17) is 5.73 Å². The minimum atomic E-state index is 0.560. The highest BCUT2D eigenvalue weighted by Gasteiger charge is 2.00. The molecule has 0 aliphatic heterocycles. The molecule has 0 saturated heterocycles. The molecular weight excluding hydrogens is 256 g/mol. The van der Waals surface area contributed by atoms with Gasteiger partial charge >= 0.3 is 0 Å². The first-order valence-corrected chi connectivity index (χ1v) is 5.72. The molecule has 1 heterocycles. The summed E-state index contributed by atoms with van der Waals surface area (Å²) >= 11 is 3.33. The van der Waals surface area contributed by atoms with Gasteiger partial charge in [0.25, 0.3) is 0 Å². The zero-order valence-electron chi connectivity index (χ0n) is 8.10. The lowest BCUT2D eigenvalue weighted by Gasteiger charge is -2.00. The number of halogens is 1. The molecule has 78 valence electrons. The minimum absolute atomic E-state index is 0.560. The van der Waals surface area contributed by atoms with Crippen LogP contribution < -0.4 is 5.73 Å². The molecule has 4 nitrogen and oxygen atoms in total. The second kappa shape index (κ2) is 4.55. The van der Waals surface area contributed by atoms with Crippen LogP contribution in [0.4, 0.5) is 0 Å². The number of aromatic nitrogens is 3. The average Bonchev–Trinajstić information content (AvgIpc) is 2.78. The van der Waals surface area contributed by atoms with E-state index in [1.54, 1.807) is 4.68 Å². The summed E-state index contributed by atoms with van der Waals surface area (Å²) in [5.74, 6) is 0. The van der Waals surface area contributed by atoms with Gasteiger partial charge in [-0.25, -0.2) is 4.68 Å². The number of benzene rings is 1. The van der Waals surface area contributed by atoms with Crippen molar-refractivity contribution in [2.24, 2.45) is 5.73 Å². The van der Waals surface area contributed by atoms with Gasteiger partial charge in [-0.15, -0.1) is 5.10 Å². The first-order chi connectivity index (χ1) is 7.33. The normalized spacial score (nSPS) is 10.5. The lowest BCUT2D eigenvalue weighted by Crippen LogP contribution is -1.98. The fourth-order valence-corrected chi connectivity index (χ4v) is 1.53. The van der Waals surface area contributed by atoms with Crippen molar-refractivity contribution in [3.05, 3.63) is 41.7 Å². The average molecular weight is 267 g/mol. The molecule has 0 saturated carbocycles. The fourth-order valence-electron chi connectivity index (χ4n) is 1.27. The smallest absolute Gasteiger partial charge is 0.0937 e. The van der Waals surface area contributed by atoms with E-state index in [0.717, 1.165) is 16.9 Å². The number of nitrogens with two attached hydrogens (primary N) is 1. The maximum Gasteiger partial charge on any atom is 0.0937 e. The van der Waals surface area contributed by atoms with Crippen LogP contribution in [0.15, 0.2) is 30.5 Å². The molecule has 2 rings (SSSR count). The standard InChI is InChI=1S/C10H11BrN4/c11-5-9-7-15(14-13-9)10-3-1-8(6-12)2-4-10/h1-4,7H,5-6,12H2. The monoisotopic (exact) mass is 266 g/mol. The third-order valence-electron chi connectivity index (χ3n) is 2.11. The summed E-state index contributed by atoms with van der Waals surface area (Å²) < 4.78 is 1.75. The molecule has 0 bridgehead atoms. The molecule has 0 aliphatic rings. The van der Waals surface area contributed by atoms with Gasteiger partial charge in [-0.2, -0.15) is 0 Å². The van der Waals surface area contributed by atoms with E-state index in [9.17, 15) is 0 Å². The van der Waals surface area contributed by atoms with Gasteiger partial charge in [-0.3, -0.25) is 0 Å². The van der Waals surface area contributed by atoms with Crippen LogP contribution in [0.1, 0.15) is 11.3 Å². The molecule has 15 heavy (non-hydrogen) atoms. The number of nitrogens with zero attached hydrogens (tertiary/aromatic N) is 3. The Hall–Kier alpha value is -1.20. The van der Waals surface area contributed by atoms with Gasteiger partial charge in [0.2, 0.25) is 0 Å². The molecule has 0 fully saturated rings. The number of hydrogen-bond donors (Lipinski definition) is 1. The summed E-state index contributed by atoms with van der Waals surface area (Å²) in [4.78, 5) is 0. The topological polar surface area (TPSA) is 56.7 Å². The van der Waals surface area contributed by atoms with Crippen molar-refractivity contribution in [2.45, 2.75) is 11.9 Å². The lowest BCUT2D eigenvalue weighted by molar-refractivity contribution is 0.800. The molecule has 5 heteroatoms. The predicted molar refractivity (Wildman–Crippen MR) is 61.9 cm³/mol. The Morgan fingerprint density at radius 2 is 2.00 bits per heavy atom. The minimum Gasteiger partial charge on any atom is -0.326 e. The van der Waals surface area contributed by atoms with E-state index in [1.165, 1.54) is 0 Å². The Morgan fingerprint density at radius 3 is 2.53 bits per heavy atom. The molecule has 0 spiro atoms. The molecule has 0 atom stereocenters. The van der Waals surface area contributed by atoms with Crippen LogP contribution in [0.3, 0.4) is 0 Å². The van der Waals surface area contributed by atoms with E-state index in [-0.39, 0.29) is 0 Å². The predicted octanol–water partition coefficient (Wildman–Crippen LogP) is 1.62. The fraction of sp³-hybridized carbons (Fsp3) is 0.200. The number of rotatable bonds is 3. The first-order valence-electron chi connectivity index (χ1n) is 4.60. The Kier molecular flexibility index (Phi) is 3.13. The van der Waals surface area contributed by atoms with E-state index >= 15 is 0 Å². The van der Waals surface area contributed by atoms with E-state index in [2.05, 4.69) is 26.2 Å². The second-order valence-electron chi connectivity index (χ2n) is 3.16. The summed E-state index contributed by atoms with van der Waals surface area (Å²) in [6.07, 6.45) is 1.90. The van der Waals surface area contributed by atoms with Gasteiger partial charge < -0.3 is 5.73 Å². The molecule has 2 aromatic rings. The summed E-state index contributed by atoms with van der Waals surface area (Å²) in [6.45, 7) is 0.560. The van der Waals surface area contributed by atoms with Crippen LogP contribution in [0.2, 0.25) is 0 Å². The van der Waals surface area contributed by atoms with Crippen molar-refractivity contribution in [3.8, 4) is 5.69 Å². The zero-order valence-corrected chi connectivity index (χ0v) is 9.68. The van der Waals surface area contributed by atoms with Crippen LogP contribution in [0, 0.1) is 0 Å². The molecule has 1 aromatic heterocycles. The molecule has 1 aromatic carbocycles. The third kappa shape index (κ3) is 2.24. The van der Waals surface area contributed by atoms with E-state index in [0.29, 0.717) is 11.9 Å². The third-order valence-corrected chi connectivity index (χ3v) is 2.69. The van der Waals surface area contributed by atoms with Crippen LogP contribution >= 0.6 is 15.9 Å². The van der Waals surface area contributed by atoms with Crippen molar-refractivity contribution in [1.29, 1.82) is 0 Å². The highest BCUT2D eigenvalue weighted by molar-refractivity contribution is 9.08. The first kappa shape index (κ1) is 10.3.